The molecule has 3 nitrogen and oxygen atoms in total. The summed E-state index contributed by atoms with van der Waals surface area (Å²) < 4.78 is 5.05. The maximum Gasteiger partial charge on any atom is 0.311 e. The molecular formula is C6H8O3S. The van der Waals surface area contributed by atoms with Crippen LogP contribution in [0.2, 0.25) is 0 Å². The highest BCUT2D eigenvalue weighted by atomic mass is 32.2. The lowest BCUT2D eigenvalue weighted by Crippen LogP contribution is -2.06. The number of thioether (sulfide) groups is 1. The van der Waals surface area contributed by atoms with Crippen LogP contribution in [0.3, 0.4) is 0 Å². The van der Waals surface area contributed by atoms with E-state index < -0.39 is 5.97 Å². The normalized spacial score (nSPS) is 17.4. The van der Waals surface area contributed by atoms with Crippen LogP contribution in [-0.2, 0) is 9.53 Å². The van der Waals surface area contributed by atoms with Gasteiger partial charge in [-0.1, -0.05) is 0 Å². The van der Waals surface area contributed by atoms with Crippen LogP contribution in [0.5, 0.6) is 0 Å². The maximum absolute atomic E-state index is 10.1. The summed E-state index contributed by atoms with van der Waals surface area (Å²) in [6.07, 6.45) is 0.00694. The average molecular weight is 160 g/mol. The van der Waals surface area contributed by atoms with Crippen molar-refractivity contribution in [3.63, 3.8) is 0 Å². The molecule has 1 aliphatic rings. The predicted octanol–water partition coefficient (Wildman–Crippen LogP) is 1.07. The first-order valence-electron chi connectivity index (χ1n) is 2.94. The topological polar surface area (TPSA) is 46.5 Å². The average Bonchev–Trinajstić information content (AvgIpc) is 1.88. The molecule has 0 saturated carbocycles. The molecule has 4 heteroatoms. The van der Waals surface area contributed by atoms with Crippen molar-refractivity contribution in [1.82, 2.24) is 0 Å². The Bertz CT molecular complexity index is 164. The molecule has 0 aromatic heterocycles. The molecule has 10 heavy (non-hydrogen) atoms. The number of rotatable bonds is 2. The molecule has 0 aromatic rings. The molecule has 1 heterocycles. The molecule has 56 valence electrons. The Balaban J connectivity index is 2.38. The van der Waals surface area contributed by atoms with Gasteiger partial charge in [-0.3, -0.25) is 4.79 Å². The molecule has 0 unspecified atom stereocenters. The number of carboxylic acids is 1. The van der Waals surface area contributed by atoms with Gasteiger partial charge in [-0.05, 0) is 0 Å². The third-order valence-corrected chi connectivity index (χ3v) is 1.86. The van der Waals surface area contributed by atoms with Crippen LogP contribution in [-0.4, -0.2) is 23.4 Å². The van der Waals surface area contributed by atoms with Crippen molar-refractivity contribution in [3.05, 3.63) is 11.2 Å². The van der Waals surface area contributed by atoms with Crippen LogP contribution in [0, 0.1) is 0 Å². The van der Waals surface area contributed by atoms with Gasteiger partial charge in [-0.25, -0.2) is 0 Å². The van der Waals surface area contributed by atoms with E-state index in [1.54, 1.807) is 17.2 Å². The lowest BCUT2D eigenvalue weighted by molar-refractivity contribution is -0.136. The van der Waals surface area contributed by atoms with E-state index >= 15 is 0 Å². The fourth-order valence-electron chi connectivity index (χ4n) is 0.649. The maximum atomic E-state index is 10.1. The van der Waals surface area contributed by atoms with Crippen molar-refractivity contribution < 1.29 is 14.6 Å². The first-order chi connectivity index (χ1) is 4.79. The number of hydrogen-bond acceptors (Lipinski definition) is 3. The van der Waals surface area contributed by atoms with Crippen molar-refractivity contribution in [2.24, 2.45) is 0 Å². The highest BCUT2D eigenvalue weighted by molar-refractivity contribution is 8.02. The second-order valence-electron chi connectivity index (χ2n) is 1.87. The zero-order valence-corrected chi connectivity index (χ0v) is 6.19. The third-order valence-electron chi connectivity index (χ3n) is 1.03. The Kier molecular flexibility index (Phi) is 2.62. The highest BCUT2D eigenvalue weighted by Crippen LogP contribution is 2.17. The van der Waals surface area contributed by atoms with Crippen molar-refractivity contribution in [2.75, 3.05) is 12.4 Å². The van der Waals surface area contributed by atoms with E-state index in [4.69, 9.17) is 9.84 Å². The summed E-state index contributed by atoms with van der Waals surface area (Å²) >= 11 is 1.59. The van der Waals surface area contributed by atoms with Gasteiger partial charge in [0.05, 0.1) is 6.61 Å². The van der Waals surface area contributed by atoms with Crippen molar-refractivity contribution in [3.8, 4) is 0 Å². The van der Waals surface area contributed by atoms with E-state index in [9.17, 15) is 4.79 Å². The molecule has 0 aliphatic carbocycles. The zero-order valence-electron chi connectivity index (χ0n) is 5.37. The van der Waals surface area contributed by atoms with Gasteiger partial charge in [0, 0.05) is 11.2 Å². The van der Waals surface area contributed by atoms with Gasteiger partial charge in [-0.15, -0.1) is 11.8 Å². The van der Waals surface area contributed by atoms with Gasteiger partial charge in [0.25, 0.3) is 0 Å². The van der Waals surface area contributed by atoms with Crippen LogP contribution >= 0.6 is 11.8 Å². The quantitative estimate of drug-likeness (QED) is 0.656. The van der Waals surface area contributed by atoms with E-state index in [2.05, 4.69) is 0 Å². The largest absolute Gasteiger partial charge is 0.496 e. The molecule has 0 saturated heterocycles. The molecule has 0 amide bonds. The molecule has 0 atom stereocenters. The zero-order chi connectivity index (χ0) is 7.40. The second-order valence-corrected chi connectivity index (χ2v) is 2.85. The van der Waals surface area contributed by atoms with E-state index in [0.717, 1.165) is 5.75 Å². The first kappa shape index (κ1) is 7.47. The summed E-state index contributed by atoms with van der Waals surface area (Å²) in [7, 11) is 0. The number of aliphatic carboxylic acids is 1. The summed E-state index contributed by atoms with van der Waals surface area (Å²) in [5.41, 5.74) is 0. The van der Waals surface area contributed by atoms with Gasteiger partial charge < -0.3 is 9.84 Å². The van der Waals surface area contributed by atoms with Crippen LogP contribution in [0.1, 0.15) is 6.42 Å². The van der Waals surface area contributed by atoms with Gasteiger partial charge in [0.15, 0.2) is 0 Å². The van der Waals surface area contributed by atoms with Crippen molar-refractivity contribution in [1.29, 1.82) is 0 Å². The Morgan fingerprint density at radius 1 is 1.90 bits per heavy atom. The lowest BCUT2D eigenvalue weighted by atomic mass is 10.4. The lowest BCUT2D eigenvalue weighted by Gasteiger charge is -2.11. The highest BCUT2D eigenvalue weighted by Gasteiger charge is 2.07. The van der Waals surface area contributed by atoms with Gasteiger partial charge in [0.1, 0.15) is 12.2 Å². The SMILES string of the molecule is O=C(O)CC1=CSCCO1. The minimum atomic E-state index is -0.839. The van der Waals surface area contributed by atoms with Gasteiger partial charge in [0.2, 0.25) is 0 Å². The van der Waals surface area contributed by atoms with Crippen LogP contribution in [0.4, 0.5) is 0 Å². The number of carbonyl (C=O) groups is 1. The van der Waals surface area contributed by atoms with Crippen LogP contribution < -0.4 is 0 Å². The Labute approximate surface area is 63.1 Å². The molecule has 1 aliphatic heterocycles. The molecule has 0 bridgehead atoms. The monoisotopic (exact) mass is 160 g/mol. The molecule has 0 radical (unpaired) electrons. The summed E-state index contributed by atoms with van der Waals surface area (Å²) in [5.74, 6) is 0.654. The summed E-state index contributed by atoms with van der Waals surface area (Å²) in [5, 5.41) is 10.1. The summed E-state index contributed by atoms with van der Waals surface area (Å²) in [6.45, 7) is 0.629. The Hall–Kier alpha value is -0.640. The second kappa shape index (κ2) is 3.51. The molecular weight excluding hydrogens is 152 g/mol. The molecule has 1 rings (SSSR count). The first-order valence-corrected chi connectivity index (χ1v) is 3.99. The fourth-order valence-corrected chi connectivity index (χ4v) is 1.28. The van der Waals surface area contributed by atoms with Crippen molar-refractivity contribution in [2.45, 2.75) is 6.42 Å². The van der Waals surface area contributed by atoms with E-state index in [-0.39, 0.29) is 6.42 Å². The number of hydrogen-bond donors (Lipinski definition) is 1. The Morgan fingerprint density at radius 2 is 2.70 bits per heavy atom. The minimum Gasteiger partial charge on any atom is -0.496 e. The van der Waals surface area contributed by atoms with Crippen LogP contribution in [0.15, 0.2) is 11.2 Å². The Morgan fingerprint density at radius 3 is 3.20 bits per heavy atom. The van der Waals surface area contributed by atoms with E-state index in [1.165, 1.54) is 0 Å². The predicted molar refractivity (Wildman–Crippen MR) is 38.7 cm³/mol. The van der Waals surface area contributed by atoms with Gasteiger partial charge >= 0.3 is 5.97 Å². The summed E-state index contributed by atoms with van der Waals surface area (Å²) in [6, 6.07) is 0. The number of carboxylic acid groups (broad SMARTS) is 1. The van der Waals surface area contributed by atoms with E-state index in [0.29, 0.717) is 12.4 Å². The minimum absolute atomic E-state index is 0.00694. The smallest absolute Gasteiger partial charge is 0.311 e. The van der Waals surface area contributed by atoms with Crippen molar-refractivity contribution >= 4 is 17.7 Å². The third kappa shape index (κ3) is 2.31. The van der Waals surface area contributed by atoms with Crippen LogP contribution in [0.25, 0.3) is 0 Å². The molecule has 0 aromatic carbocycles. The summed E-state index contributed by atoms with van der Waals surface area (Å²) in [4.78, 5) is 10.1. The molecule has 1 N–H and O–H groups in total. The standard InChI is InChI=1S/C6H8O3S/c7-6(8)3-5-4-10-2-1-9-5/h4H,1-3H2,(H,7,8). The fraction of sp³-hybridized carbons (Fsp3) is 0.500. The van der Waals surface area contributed by atoms with E-state index in [1.807, 2.05) is 0 Å². The molecule has 0 fully saturated rings. The molecule has 0 spiro atoms. The number of ether oxygens (including phenoxy) is 1. The van der Waals surface area contributed by atoms with Gasteiger partial charge in [-0.2, -0.15) is 0 Å².